The van der Waals surface area contributed by atoms with Crippen LogP contribution in [-0.4, -0.2) is 49.0 Å². The number of rotatable bonds is 10. The highest BCUT2D eigenvalue weighted by molar-refractivity contribution is 7.13. The fourth-order valence-electron chi connectivity index (χ4n) is 3.61. The maximum atomic E-state index is 13.5. The zero-order valence-corrected chi connectivity index (χ0v) is 19.2. The Bertz CT molecular complexity index is 1080. The maximum Gasteiger partial charge on any atom is 0.272 e. The van der Waals surface area contributed by atoms with E-state index in [9.17, 15) is 8.78 Å². The molecule has 0 radical (unpaired) electrons. The number of aromatic nitrogens is 2. The molecule has 1 aliphatic rings. The Hall–Kier alpha value is -2.95. The van der Waals surface area contributed by atoms with E-state index >= 15 is 0 Å². The molecule has 0 aliphatic carbocycles. The number of likely N-dealkylation sites (N-methyl/N-ethyl adjacent to an activating group) is 1. The minimum absolute atomic E-state index is 0.163. The van der Waals surface area contributed by atoms with Crippen molar-refractivity contribution in [1.29, 1.82) is 0 Å². The lowest BCUT2D eigenvalue weighted by Gasteiger charge is -2.37. The number of benzene rings is 1. The van der Waals surface area contributed by atoms with E-state index in [1.807, 2.05) is 18.5 Å². The van der Waals surface area contributed by atoms with Gasteiger partial charge >= 0.3 is 0 Å². The number of thiazole rings is 1. The van der Waals surface area contributed by atoms with Gasteiger partial charge in [-0.05, 0) is 38.4 Å². The van der Waals surface area contributed by atoms with Gasteiger partial charge in [0.25, 0.3) is 5.92 Å². The van der Waals surface area contributed by atoms with E-state index in [1.165, 1.54) is 23.5 Å². The van der Waals surface area contributed by atoms with E-state index in [1.54, 1.807) is 12.3 Å². The Morgan fingerprint density at radius 3 is 2.70 bits per heavy atom. The topological polar surface area (TPSA) is 80.7 Å². The summed E-state index contributed by atoms with van der Waals surface area (Å²) in [5, 5.41) is 9.29. The summed E-state index contributed by atoms with van der Waals surface area (Å²) < 4.78 is 39.0. The second-order valence-corrected chi connectivity index (χ2v) is 8.72. The molecule has 0 amide bonds. The van der Waals surface area contributed by atoms with Crippen molar-refractivity contribution in [3.8, 4) is 28.0 Å². The first-order valence-electron chi connectivity index (χ1n) is 10.5. The first-order valence-corrected chi connectivity index (χ1v) is 11.4. The average Bonchev–Trinajstić information content (AvgIpc) is 3.29. The number of ether oxygens (including phenoxy) is 2. The van der Waals surface area contributed by atoms with Gasteiger partial charge in [-0.2, -0.15) is 0 Å². The Morgan fingerprint density at radius 2 is 2.09 bits per heavy atom. The molecule has 0 saturated carbocycles. The highest BCUT2D eigenvalue weighted by Crippen LogP contribution is 2.46. The van der Waals surface area contributed by atoms with Crippen molar-refractivity contribution in [3.63, 3.8) is 0 Å². The monoisotopic (exact) mass is 473 g/mol. The zero-order valence-electron chi connectivity index (χ0n) is 18.3. The van der Waals surface area contributed by atoms with Gasteiger partial charge in [0.05, 0.1) is 5.56 Å². The largest absolute Gasteiger partial charge is 0.489 e. The molecule has 1 fully saturated rings. The summed E-state index contributed by atoms with van der Waals surface area (Å²) >= 11 is 1.48. The minimum Gasteiger partial charge on any atom is -0.489 e. The van der Waals surface area contributed by atoms with Gasteiger partial charge in [0.2, 0.25) is 5.88 Å². The highest BCUT2D eigenvalue weighted by atomic mass is 32.1. The molecule has 2 unspecified atom stereocenters. The van der Waals surface area contributed by atoms with Gasteiger partial charge in [0.15, 0.2) is 11.5 Å². The second kappa shape index (κ2) is 9.90. The number of halogens is 2. The van der Waals surface area contributed by atoms with Crippen LogP contribution in [0.4, 0.5) is 14.5 Å². The molecular weight excluding hydrogens is 448 g/mol. The van der Waals surface area contributed by atoms with E-state index in [4.69, 9.17) is 9.47 Å². The number of pyridine rings is 1. The Kier molecular flexibility index (Phi) is 6.96. The molecule has 3 heterocycles. The van der Waals surface area contributed by atoms with Gasteiger partial charge in [-0.3, -0.25) is 4.99 Å². The van der Waals surface area contributed by atoms with Crippen LogP contribution in [0.2, 0.25) is 0 Å². The molecule has 0 spiro atoms. The van der Waals surface area contributed by atoms with Crippen LogP contribution < -0.4 is 20.1 Å². The normalized spacial score (nSPS) is 17.9. The lowest BCUT2D eigenvalue weighted by atomic mass is 9.98. The van der Waals surface area contributed by atoms with Crippen LogP contribution in [0.3, 0.4) is 0 Å². The van der Waals surface area contributed by atoms with Gasteiger partial charge in [-0.15, -0.1) is 11.3 Å². The lowest BCUT2D eigenvalue weighted by Crippen LogP contribution is -2.58. The van der Waals surface area contributed by atoms with Crippen molar-refractivity contribution < 1.29 is 18.3 Å². The number of hydrogen-bond donors (Lipinski definition) is 2. The molecule has 1 saturated heterocycles. The van der Waals surface area contributed by atoms with Crippen LogP contribution in [0.1, 0.15) is 18.9 Å². The van der Waals surface area contributed by atoms with Gasteiger partial charge < -0.3 is 20.1 Å². The Labute approximate surface area is 194 Å². The Morgan fingerprint density at radius 1 is 1.27 bits per heavy atom. The third-order valence-electron chi connectivity index (χ3n) is 5.29. The highest BCUT2D eigenvalue weighted by Gasteiger charge is 2.29. The van der Waals surface area contributed by atoms with Gasteiger partial charge in [-0.1, -0.05) is 0 Å². The fourth-order valence-corrected chi connectivity index (χ4v) is 4.27. The molecule has 174 valence electrons. The quantitative estimate of drug-likeness (QED) is 0.413. The van der Waals surface area contributed by atoms with Crippen molar-refractivity contribution in [3.05, 3.63) is 47.6 Å². The fraction of sp³-hybridized carbons (Fsp3) is 0.348. The number of nitrogens with one attached hydrogen (secondary N) is 2. The third kappa shape index (κ3) is 5.35. The molecule has 0 bridgehead atoms. The van der Waals surface area contributed by atoms with Gasteiger partial charge in [-0.25, -0.2) is 18.7 Å². The number of nitrogens with zero attached hydrogens (tertiary/aromatic N) is 3. The number of alkyl halides is 2. The standard InChI is InChI=1S/C23H25F2N5O2S/c1-23(24,25)14-4-7-19(29-11-14)32-18-6-5-17(22-28-8-9-33-22)21(20(18)27-3)31-13-16-10-15(30-16)12-26-2/h4-9,11,15-16,26,30H,3,10,12-13H2,1-2H3. The van der Waals surface area contributed by atoms with Crippen molar-refractivity contribution in [1.82, 2.24) is 20.6 Å². The molecule has 2 aromatic heterocycles. The molecule has 1 aliphatic heterocycles. The average molecular weight is 474 g/mol. The van der Waals surface area contributed by atoms with Crippen molar-refractivity contribution in [2.45, 2.75) is 31.4 Å². The summed E-state index contributed by atoms with van der Waals surface area (Å²) in [5.74, 6) is -1.94. The van der Waals surface area contributed by atoms with Crippen molar-refractivity contribution in [2.75, 3.05) is 20.2 Å². The SMILES string of the molecule is C=Nc1c(Oc2ccc(C(C)(F)F)cn2)ccc(-c2nccs2)c1OCC1CC(CNC)N1. The van der Waals surface area contributed by atoms with Crippen molar-refractivity contribution >= 4 is 23.7 Å². The lowest BCUT2D eigenvalue weighted by molar-refractivity contribution is 0.0170. The summed E-state index contributed by atoms with van der Waals surface area (Å²) in [6, 6.07) is 6.90. The van der Waals surface area contributed by atoms with E-state index in [0.29, 0.717) is 29.8 Å². The summed E-state index contributed by atoms with van der Waals surface area (Å²) in [4.78, 5) is 12.6. The van der Waals surface area contributed by atoms with Crippen LogP contribution in [0.15, 0.2) is 47.0 Å². The molecule has 1 aromatic carbocycles. The second-order valence-electron chi connectivity index (χ2n) is 7.82. The summed E-state index contributed by atoms with van der Waals surface area (Å²) in [7, 11) is 1.93. The molecule has 2 atom stereocenters. The zero-order chi connectivity index (χ0) is 23.4. The van der Waals surface area contributed by atoms with E-state index in [0.717, 1.165) is 36.7 Å². The van der Waals surface area contributed by atoms with Crippen LogP contribution >= 0.6 is 11.3 Å². The Balaban J connectivity index is 1.59. The van der Waals surface area contributed by atoms with Crippen molar-refractivity contribution in [2.24, 2.45) is 4.99 Å². The van der Waals surface area contributed by atoms with Gasteiger partial charge in [0.1, 0.15) is 17.3 Å². The third-order valence-corrected chi connectivity index (χ3v) is 6.10. The summed E-state index contributed by atoms with van der Waals surface area (Å²) in [6.45, 7) is 5.86. The minimum atomic E-state index is -2.97. The van der Waals surface area contributed by atoms with E-state index in [-0.39, 0.29) is 17.5 Å². The summed E-state index contributed by atoms with van der Waals surface area (Å²) in [6.07, 6.45) is 3.82. The van der Waals surface area contributed by atoms with Gasteiger partial charge in [0, 0.05) is 55.0 Å². The van der Waals surface area contributed by atoms with Crippen LogP contribution in [0, 0.1) is 0 Å². The smallest absolute Gasteiger partial charge is 0.272 e. The summed E-state index contributed by atoms with van der Waals surface area (Å²) in [5.41, 5.74) is 0.991. The predicted octanol–water partition coefficient (Wildman–Crippen LogP) is 4.77. The molecule has 10 heteroatoms. The number of hydrogen-bond acceptors (Lipinski definition) is 8. The van der Waals surface area contributed by atoms with Crippen LogP contribution in [-0.2, 0) is 5.92 Å². The van der Waals surface area contributed by atoms with E-state index < -0.39 is 5.92 Å². The predicted molar refractivity (Wildman–Crippen MR) is 125 cm³/mol. The molecule has 7 nitrogen and oxygen atoms in total. The van der Waals surface area contributed by atoms with E-state index in [2.05, 4.69) is 32.3 Å². The first kappa shape index (κ1) is 23.2. The molecular formula is C23H25F2N5O2S. The van der Waals surface area contributed by atoms with Crippen LogP contribution in [0.25, 0.3) is 10.6 Å². The van der Waals surface area contributed by atoms with Crippen LogP contribution in [0.5, 0.6) is 17.4 Å². The molecule has 2 N–H and O–H groups in total. The first-order chi connectivity index (χ1) is 15.9. The molecule has 3 aromatic rings. The number of aliphatic imine (C=N–C) groups is 1. The molecule has 4 rings (SSSR count). The maximum absolute atomic E-state index is 13.5. The molecule has 33 heavy (non-hydrogen) atoms.